The molecule has 7 nitrogen and oxygen atoms in total. The summed E-state index contributed by atoms with van der Waals surface area (Å²) in [5.74, 6) is -0.735. The van der Waals surface area contributed by atoms with E-state index in [2.05, 4.69) is 5.32 Å². The quantitative estimate of drug-likeness (QED) is 0.519. The molecule has 33 heavy (non-hydrogen) atoms. The maximum absolute atomic E-state index is 13.4. The Morgan fingerprint density at radius 1 is 1.03 bits per heavy atom. The molecule has 180 valence electrons. The summed E-state index contributed by atoms with van der Waals surface area (Å²) in [6, 6.07) is 15.0. The number of nitrogens with zero attached hydrogens (tertiary/aromatic N) is 2. The van der Waals surface area contributed by atoms with Crippen molar-refractivity contribution in [2.24, 2.45) is 0 Å². The van der Waals surface area contributed by atoms with Gasteiger partial charge in [0.15, 0.2) is 0 Å². The summed E-state index contributed by atoms with van der Waals surface area (Å²) in [5.41, 5.74) is 1.34. The molecule has 2 aromatic rings. The van der Waals surface area contributed by atoms with Crippen LogP contribution in [0.2, 0.25) is 5.02 Å². The number of amides is 2. The predicted molar refractivity (Wildman–Crippen MR) is 133 cm³/mol. The number of nitrogens with one attached hydrogen (secondary N) is 1. The fraction of sp³-hybridized carbons (Fsp3) is 0.417. The van der Waals surface area contributed by atoms with Crippen LogP contribution in [-0.4, -0.2) is 56.6 Å². The number of rotatable bonds is 11. The van der Waals surface area contributed by atoms with E-state index < -0.39 is 28.5 Å². The molecule has 0 fully saturated rings. The molecule has 2 aromatic carbocycles. The van der Waals surface area contributed by atoms with Gasteiger partial charge in [-0.25, -0.2) is 8.42 Å². The second-order valence-electron chi connectivity index (χ2n) is 8.06. The van der Waals surface area contributed by atoms with Gasteiger partial charge in [-0.05, 0) is 56.5 Å². The average molecular weight is 494 g/mol. The van der Waals surface area contributed by atoms with Crippen molar-refractivity contribution >= 4 is 39.1 Å². The van der Waals surface area contributed by atoms with Gasteiger partial charge in [-0.2, -0.15) is 0 Å². The molecule has 2 atom stereocenters. The Morgan fingerprint density at radius 3 is 2.18 bits per heavy atom. The summed E-state index contributed by atoms with van der Waals surface area (Å²) in [6.07, 6.45) is 2.34. The van der Waals surface area contributed by atoms with Crippen LogP contribution < -0.4 is 9.62 Å². The number of hydrogen-bond acceptors (Lipinski definition) is 4. The van der Waals surface area contributed by atoms with E-state index in [9.17, 15) is 18.0 Å². The summed E-state index contributed by atoms with van der Waals surface area (Å²) in [7, 11) is -3.75. The molecule has 0 spiro atoms. The number of carbonyl (C=O) groups is 2. The first-order valence-corrected chi connectivity index (χ1v) is 13.1. The SMILES string of the molecule is CC[C@@H](C)NC(=O)[C@H](C)N(CCc1ccccc1)C(=O)CN(c1ccc(Cl)cc1)S(C)(=O)=O. The third-order valence-electron chi connectivity index (χ3n) is 5.45. The Balaban J connectivity index is 2.29. The van der Waals surface area contributed by atoms with Gasteiger partial charge in [0.05, 0.1) is 11.9 Å². The monoisotopic (exact) mass is 493 g/mol. The second-order valence-corrected chi connectivity index (χ2v) is 10.4. The van der Waals surface area contributed by atoms with E-state index in [1.54, 1.807) is 31.2 Å². The summed E-state index contributed by atoms with van der Waals surface area (Å²) in [5, 5.41) is 3.36. The molecule has 0 unspecified atom stereocenters. The van der Waals surface area contributed by atoms with Crippen LogP contribution in [0.4, 0.5) is 5.69 Å². The molecular weight excluding hydrogens is 462 g/mol. The van der Waals surface area contributed by atoms with E-state index in [1.165, 1.54) is 4.90 Å². The van der Waals surface area contributed by atoms with E-state index in [0.29, 0.717) is 17.1 Å². The van der Waals surface area contributed by atoms with Crippen LogP contribution in [0.1, 0.15) is 32.8 Å². The Kier molecular flexibility index (Phi) is 9.73. The predicted octanol–water partition coefficient (Wildman–Crippen LogP) is 3.48. The van der Waals surface area contributed by atoms with Gasteiger partial charge in [-0.15, -0.1) is 0 Å². The van der Waals surface area contributed by atoms with Gasteiger partial charge in [0.25, 0.3) is 0 Å². The number of halogens is 1. The molecule has 9 heteroatoms. The van der Waals surface area contributed by atoms with Crippen molar-refractivity contribution in [2.45, 2.75) is 45.7 Å². The summed E-state index contributed by atoms with van der Waals surface area (Å²) in [4.78, 5) is 27.6. The van der Waals surface area contributed by atoms with Gasteiger partial charge in [0, 0.05) is 17.6 Å². The molecule has 0 aliphatic carbocycles. The summed E-state index contributed by atoms with van der Waals surface area (Å²) in [6.45, 7) is 5.37. The van der Waals surface area contributed by atoms with E-state index in [0.717, 1.165) is 22.5 Å². The summed E-state index contributed by atoms with van der Waals surface area (Å²) < 4.78 is 26.0. The van der Waals surface area contributed by atoms with Crippen LogP contribution in [0, 0.1) is 0 Å². The first-order valence-electron chi connectivity index (χ1n) is 10.9. The largest absolute Gasteiger partial charge is 0.352 e. The molecule has 0 aromatic heterocycles. The lowest BCUT2D eigenvalue weighted by atomic mass is 10.1. The minimum atomic E-state index is -3.75. The first kappa shape index (κ1) is 26.7. The molecule has 0 saturated heterocycles. The summed E-state index contributed by atoms with van der Waals surface area (Å²) >= 11 is 5.93. The topological polar surface area (TPSA) is 86.8 Å². The molecule has 2 rings (SSSR count). The van der Waals surface area contributed by atoms with E-state index in [1.807, 2.05) is 44.2 Å². The molecule has 0 aliphatic rings. The number of anilines is 1. The maximum Gasteiger partial charge on any atom is 0.244 e. The first-order chi connectivity index (χ1) is 15.5. The average Bonchev–Trinajstić information content (AvgIpc) is 2.78. The van der Waals surface area contributed by atoms with Crippen LogP contribution in [0.5, 0.6) is 0 Å². The third kappa shape index (κ3) is 8.05. The van der Waals surface area contributed by atoms with Crippen molar-refractivity contribution in [1.82, 2.24) is 10.2 Å². The molecule has 0 heterocycles. The van der Waals surface area contributed by atoms with Gasteiger partial charge < -0.3 is 10.2 Å². The van der Waals surface area contributed by atoms with Gasteiger partial charge in [0.1, 0.15) is 12.6 Å². The fourth-order valence-corrected chi connectivity index (χ4v) is 4.23. The van der Waals surface area contributed by atoms with E-state index >= 15 is 0 Å². The number of benzene rings is 2. The van der Waals surface area contributed by atoms with Crippen LogP contribution in [0.15, 0.2) is 54.6 Å². The normalized spacial score (nSPS) is 13.1. The maximum atomic E-state index is 13.4. The lowest BCUT2D eigenvalue weighted by Crippen LogP contribution is -2.53. The van der Waals surface area contributed by atoms with Crippen LogP contribution >= 0.6 is 11.6 Å². The highest BCUT2D eigenvalue weighted by Gasteiger charge is 2.30. The minimum Gasteiger partial charge on any atom is -0.352 e. The molecule has 0 bridgehead atoms. The van der Waals surface area contributed by atoms with Gasteiger partial charge in [-0.3, -0.25) is 13.9 Å². The highest BCUT2D eigenvalue weighted by molar-refractivity contribution is 7.92. The Morgan fingerprint density at radius 2 is 1.64 bits per heavy atom. The van der Waals surface area contributed by atoms with Crippen molar-refractivity contribution in [3.8, 4) is 0 Å². The molecule has 2 amide bonds. The minimum absolute atomic E-state index is 0.0346. The van der Waals surface area contributed by atoms with Gasteiger partial charge >= 0.3 is 0 Å². The van der Waals surface area contributed by atoms with Crippen molar-refractivity contribution in [2.75, 3.05) is 23.7 Å². The van der Waals surface area contributed by atoms with Gasteiger partial charge in [-0.1, -0.05) is 48.9 Å². The molecule has 0 radical (unpaired) electrons. The zero-order chi connectivity index (χ0) is 24.6. The van der Waals surface area contributed by atoms with Crippen LogP contribution in [-0.2, 0) is 26.0 Å². The van der Waals surface area contributed by atoms with Gasteiger partial charge in [0.2, 0.25) is 21.8 Å². The molecule has 0 saturated carbocycles. The van der Waals surface area contributed by atoms with E-state index in [-0.39, 0.29) is 18.5 Å². The Bertz CT molecular complexity index is 1030. The Hall–Kier alpha value is -2.58. The molecule has 1 N–H and O–H groups in total. The third-order valence-corrected chi connectivity index (χ3v) is 6.84. The highest BCUT2D eigenvalue weighted by atomic mass is 35.5. The zero-order valence-electron chi connectivity index (χ0n) is 19.5. The van der Waals surface area contributed by atoms with E-state index in [4.69, 9.17) is 11.6 Å². The van der Waals surface area contributed by atoms with Crippen molar-refractivity contribution < 1.29 is 18.0 Å². The fourth-order valence-electron chi connectivity index (χ4n) is 3.26. The Labute approximate surface area is 201 Å². The van der Waals surface area contributed by atoms with Crippen LogP contribution in [0.3, 0.4) is 0 Å². The lowest BCUT2D eigenvalue weighted by Gasteiger charge is -2.32. The van der Waals surface area contributed by atoms with Crippen LogP contribution in [0.25, 0.3) is 0 Å². The smallest absolute Gasteiger partial charge is 0.244 e. The molecule has 0 aliphatic heterocycles. The van der Waals surface area contributed by atoms with Crippen molar-refractivity contribution in [1.29, 1.82) is 0 Å². The number of carbonyl (C=O) groups excluding carboxylic acids is 2. The zero-order valence-corrected chi connectivity index (χ0v) is 21.1. The number of hydrogen-bond donors (Lipinski definition) is 1. The van der Waals surface area contributed by atoms with Crippen molar-refractivity contribution in [3.05, 3.63) is 65.2 Å². The number of sulfonamides is 1. The second kappa shape index (κ2) is 12.0. The standard InChI is InChI=1S/C24H32ClN3O4S/c1-5-18(2)26-24(30)19(3)27(16-15-20-9-7-6-8-10-20)23(29)17-28(33(4,31)32)22-13-11-21(25)12-14-22/h6-14,18-19H,5,15-17H2,1-4H3,(H,26,30)/t18-,19+/m1/s1. The van der Waals surface area contributed by atoms with Crippen molar-refractivity contribution in [3.63, 3.8) is 0 Å². The molecular formula is C24H32ClN3O4S. The lowest BCUT2D eigenvalue weighted by molar-refractivity contribution is -0.139. The highest BCUT2D eigenvalue weighted by Crippen LogP contribution is 2.21.